The fourth-order valence-electron chi connectivity index (χ4n) is 2.95. The van der Waals surface area contributed by atoms with E-state index < -0.39 is 0 Å². The highest BCUT2D eigenvalue weighted by Gasteiger charge is 2.16. The Morgan fingerprint density at radius 2 is 2.16 bits per heavy atom. The molecule has 0 bridgehead atoms. The predicted octanol–water partition coefficient (Wildman–Crippen LogP) is 3.93. The third-order valence-electron chi connectivity index (χ3n) is 4.39. The minimum absolute atomic E-state index is 0.0735. The zero-order chi connectivity index (χ0) is 17.6. The molecular weight excluding hydrogens is 308 g/mol. The van der Waals surface area contributed by atoms with Crippen LogP contribution < -0.4 is 16.6 Å². The number of rotatable bonds is 6. The number of benzene rings is 1. The maximum atomic E-state index is 5.61. The van der Waals surface area contributed by atoms with E-state index in [0.29, 0.717) is 12.5 Å². The molecule has 0 aliphatic heterocycles. The molecule has 0 amide bonds. The maximum absolute atomic E-state index is 5.61. The van der Waals surface area contributed by atoms with E-state index in [2.05, 4.69) is 71.7 Å². The summed E-state index contributed by atoms with van der Waals surface area (Å²) in [5, 5.41) is 5.70. The van der Waals surface area contributed by atoms with Crippen LogP contribution >= 0.6 is 0 Å². The molecule has 25 heavy (non-hydrogen) atoms. The van der Waals surface area contributed by atoms with Crippen LogP contribution in [-0.4, -0.2) is 11.5 Å². The summed E-state index contributed by atoms with van der Waals surface area (Å²) in [6.07, 6.45) is 14.4. The van der Waals surface area contributed by atoms with Crippen LogP contribution in [0.3, 0.4) is 0 Å². The van der Waals surface area contributed by atoms with Crippen molar-refractivity contribution in [1.82, 2.24) is 10.4 Å². The largest absolute Gasteiger partial charge is 0.359 e. The third-order valence-corrected chi connectivity index (χ3v) is 4.39. The smallest absolute Gasteiger partial charge is 0.0388 e. The van der Waals surface area contributed by atoms with Crippen LogP contribution in [0.25, 0.3) is 10.8 Å². The van der Waals surface area contributed by atoms with Crippen LogP contribution in [0.5, 0.6) is 0 Å². The van der Waals surface area contributed by atoms with E-state index in [0.717, 1.165) is 22.2 Å². The van der Waals surface area contributed by atoms with Gasteiger partial charge in [-0.05, 0) is 35.1 Å². The molecule has 1 aromatic carbocycles. The summed E-state index contributed by atoms with van der Waals surface area (Å²) in [7, 11) is 0. The summed E-state index contributed by atoms with van der Waals surface area (Å²) in [5.74, 6) is 6.11. The van der Waals surface area contributed by atoms with Gasteiger partial charge in [0.15, 0.2) is 0 Å². The predicted molar refractivity (Wildman–Crippen MR) is 106 cm³/mol. The van der Waals surface area contributed by atoms with Crippen LogP contribution in [0.1, 0.15) is 6.92 Å². The van der Waals surface area contributed by atoms with E-state index in [-0.39, 0.29) is 5.92 Å². The Balaban J connectivity index is 1.81. The van der Waals surface area contributed by atoms with Crippen molar-refractivity contribution in [1.29, 1.82) is 0 Å². The molecule has 0 spiro atoms. The maximum Gasteiger partial charge on any atom is 0.0388 e. The van der Waals surface area contributed by atoms with Crippen molar-refractivity contribution in [2.75, 3.05) is 11.9 Å². The van der Waals surface area contributed by atoms with Gasteiger partial charge in [0.25, 0.3) is 0 Å². The molecule has 0 radical (unpaired) electrons. The Morgan fingerprint density at radius 3 is 3.00 bits per heavy atom. The number of nitrogens with zero attached hydrogens (tertiary/aromatic N) is 1. The van der Waals surface area contributed by atoms with E-state index in [1.54, 1.807) is 6.20 Å². The second-order valence-electron chi connectivity index (χ2n) is 6.32. The van der Waals surface area contributed by atoms with Gasteiger partial charge in [-0.2, -0.15) is 0 Å². The molecular formula is C21H24N4. The van der Waals surface area contributed by atoms with Gasteiger partial charge in [-0.25, -0.2) is 0 Å². The Bertz CT molecular complexity index is 848. The van der Waals surface area contributed by atoms with E-state index in [4.69, 9.17) is 5.84 Å². The van der Waals surface area contributed by atoms with Crippen LogP contribution in [0, 0.1) is 11.8 Å². The second kappa shape index (κ2) is 7.92. The normalized spacial score (nSPS) is 17.8. The number of allylic oxidation sites excluding steroid dienone is 5. The van der Waals surface area contributed by atoms with Gasteiger partial charge in [-0.3, -0.25) is 16.3 Å². The zero-order valence-electron chi connectivity index (χ0n) is 14.4. The topological polar surface area (TPSA) is 63.0 Å². The molecule has 0 fully saturated rings. The quantitative estimate of drug-likeness (QED) is 0.554. The first kappa shape index (κ1) is 17.1. The fraction of sp³-hybridized carbons (Fsp3) is 0.190. The lowest BCUT2D eigenvalue weighted by Crippen LogP contribution is -2.31. The summed E-state index contributed by atoms with van der Waals surface area (Å²) >= 11 is 0. The van der Waals surface area contributed by atoms with Gasteiger partial charge in [0, 0.05) is 41.6 Å². The Morgan fingerprint density at radius 1 is 1.28 bits per heavy atom. The van der Waals surface area contributed by atoms with Crippen LogP contribution in [0.15, 0.2) is 84.9 Å². The minimum atomic E-state index is 0.0735. The summed E-state index contributed by atoms with van der Waals surface area (Å²) < 4.78 is 0. The Kier molecular flexibility index (Phi) is 5.43. The number of nitrogens with two attached hydrogens (primary N) is 1. The van der Waals surface area contributed by atoms with E-state index in [1.165, 1.54) is 5.57 Å². The molecule has 2 atom stereocenters. The summed E-state index contributed by atoms with van der Waals surface area (Å²) in [6.45, 7) is 7.03. The van der Waals surface area contributed by atoms with Crippen molar-refractivity contribution in [3.63, 3.8) is 0 Å². The van der Waals surface area contributed by atoms with Gasteiger partial charge in [-0.15, -0.1) is 0 Å². The molecule has 1 aliphatic carbocycles. The van der Waals surface area contributed by atoms with Crippen molar-refractivity contribution < 1.29 is 0 Å². The number of fused-ring (bicyclic) bond motifs is 1. The van der Waals surface area contributed by atoms with Crippen LogP contribution in [0.2, 0.25) is 0 Å². The van der Waals surface area contributed by atoms with Crippen molar-refractivity contribution in [2.45, 2.75) is 6.92 Å². The first-order valence-corrected chi connectivity index (χ1v) is 8.47. The zero-order valence-corrected chi connectivity index (χ0v) is 14.4. The highest BCUT2D eigenvalue weighted by atomic mass is 15.2. The molecule has 128 valence electrons. The van der Waals surface area contributed by atoms with Gasteiger partial charge >= 0.3 is 0 Å². The summed E-state index contributed by atoms with van der Waals surface area (Å²) in [4.78, 5) is 4.15. The average molecular weight is 332 g/mol. The van der Waals surface area contributed by atoms with E-state index in [1.807, 2.05) is 18.3 Å². The van der Waals surface area contributed by atoms with E-state index in [9.17, 15) is 0 Å². The molecule has 2 unspecified atom stereocenters. The summed E-state index contributed by atoms with van der Waals surface area (Å²) in [6, 6.07) is 8.21. The van der Waals surface area contributed by atoms with Gasteiger partial charge < -0.3 is 5.32 Å². The highest BCUT2D eigenvalue weighted by Crippen LogP contribution is 2.26. The first-order valence-electron chi connectivity index (χ1n) is 8.47. The van der Waals surface area contributed by atoms with Gasteiger partial charge in [0.2, 0.25) is 0 Å². The number of nitrogens with one attached hydrogen (secondary N) is 2. The number of hydrogen-bond acceptors (Lipinski definition) is 4. The first-order chi connectivity index (χ1) is 12.2. The number of aromatic nitrogens is 1. The van der Waals surface area contributed by atoms with Gasteiger partial charge in [-0.1, -0.05) is 49.9 Å². The minimum Gasteiger partial charge on any atom is -0.359 e. The van der Waals surface area contributed by atoms with Crippen molar-refractivity contribution in [2.24, 2.45) is 17.7 Å². The molecule has 1 heterocycles. The van der Waals surface area contributed by atoms with Crippen molar-refractivity contribution >= 4 is 16.5 Å². The average Bonchev–Trinajstić information content (AvgIpc) is 2.84. The lowest BCUT2D eigenvalue weighted by molar-refractivity contribution is 0.621. The number of pyridine rings is 1. The molecule has 1 aromatic heterocycles. The molecule has 0 saturated carbocycles. The molecule has 4 heteroatoms. The van der Waals surface area contributed by atoms with Gasteiger partial charge in [0.05, 0.1) is 0 Å². The highest BCUT2D eigenvalue weighted by molar-refractivity contribution is 5.85. The number of anilines is 1. The molecule has 0 saturated heterocycles. The standard InChI is InChI=1S/C21H24N4/c1-15-4-3-5-17(7-6-15)21(14-24-22)16(2)25-20-9-8-19-13-23-11-10-18(19)12-20/h3-13,15,21,24-25H,2,14,22H2,1H3. The number of hydrogen-bond donors (Lipinski definition) is 3. The molecule has 4 nitrogen and oxygen atoms in total. The fourth-order valence-corrected chi connectivity index (χ4v) is 2.95. The van der Waals surface area contributed by atoms with Gasteiger partial charge in [0.1, 0.15) is 0 Å². The Labute approximate surface area is 148 Å². The molecule has 4 N–H and O–H groups in total. The molecule has 2 aromatic rings. The molecule has 1 aliphatic rings. The third kappa shape index (κ3) is 4.24. The summed E-state index contributed by atoms with van der Waals surface area (Å²) in [5.41, 5.74) is 5.88. The number of hydrazine groups is 1. The Hall–Kier alpha value is -2.69. The van der Waals surface area contributed by atoms with Crippen LogP contribution in [-0.2, 0) is 0 Å². The molecule has 3 rings (SSSR count). The van der Waals surface area contributed by atoms with Crippen LogP contribution in [0.4, 0.5) is 5.69 Å². The SMILES string of the molecule is C=C(Nc1ccc2cnccc2c1)C(CNN)C1=CC=CC(C)C=C1. The second-order valence-corrected chi connectivity index (χ2v) is 6.32. The lowest BCUT2D eigenvalue weighted by atomic mass is 9.94. The van der Waals surface area contributed by atoms with E-state index >= 15 is 0 Å². The lowest BCUT2D eigenvalue weighted by Gasteiger charge is -2.22. The monoisotopic (exact) mass is 332 g/mol. The van der Waals surface area contributed by atoms with Crippen molar-refractivity contribution in [3.8, 4) is 0 Å². The van der Waals surface area contributed by atoms with Crippen molar-refractivity contribution in [3.05, 3.63) is 84.9 Å².